The van der Waals surface area contributed by atoms with E-state index in [1.165, 1.54) is 12.8 Å². The fourth-order valence-corrected chi connectivity index (χ4v) is 7.84. The van der Waals surface area contributed by atoms with Gasteiger partial charge in [-0.2, -0.15) is 0 Å². The van der Waals surface area contributed by atoms with Crippen LogP contribution in [0.4, 0.5) is 4.79 Å². The number of likely N-dealkylation sites (tertiary alicyclic amines) is 1. The van der Waals surface area contributed by atoms with E-state index in [0.717, 1.165) is 24.2 Å². The van der Waals surface area contributed by atoms with Crippen molar-refractivity contribution in [2.24, 2.45) is 5.92 Å². The monoisotopic (exact) mass is 626 g/mol. The minimum absolute atomic E-state index is 0.0381. The zero-order valence-electron chi connectivity index (χ0n) is 27.2. The summed E-state index contributed by atoms with van der Waals surface area (Å²) in [5, 5.41) is 15.0. The fourth-order valence-electron chi connectivity index (χ4n) is 7.84. The van der Waals surface area contributed by atoms with Gasteiger partial charge in [0.25, 0.3) is 0 Å². The minimum atomic E-state index is -1.14. The van der Waals surface area contributed by atoms with Crippen molar-refractivity contribution in [2.45, 2.75) is 133 Å². The van der Waals surface area contributed by atoms with E-state index in [0.29, 0.717) is 30.9 Å². The Labute approximate surface area is 264 Å². The average molecular weight is 627 g/mol. The lowest BCUT2D eigenvalue weighted by molar-refractivity contribution is -0.188. The van der Waals surface area contributed by atoms with Gasteiger partial charge >= 0.3 is 18.0 Å². The quantitative estimate of drug-likeness (QED) is 0.324. The number of piperidine rings is 1. The summed E-state index contributed by atoms with van der Waals surface area (Å²) in [4.78, 5) is 54.4. The first-order valence-corrected chi connectivity index (χ1v) is 16.3. The number of carbonyl (C=O) groups excluding carboxylic acids is 4. The number of rotatable bonds is 8. The Morgan fingerprint density at radius 1 is 1.09 bits per heavy atom. The number of amides is 1. The second-order valence-electron chi connectivity index (χ2n) is 15.4. The summed E-state index contributed by atoms with van der Waals surface area (Å²) in [5.41, 5.74) is -1.77. The Hall–Kier alpha value is -3.18. The number of alkyl carbamates (subject to hydrolysis) is 1. The number of carbonyl (C=O) groups is 4. The Kier molecular flexibility index (Phi) is 7.75. The first-order chi connectivity index (χ1) is 21.0. The number of aliphatic hydroxyl groups is 1. The second-order valence-corrected chi connectivity index (χ2v) is 15.4. The van der Waals surface area contributed by atoms with Crippen LogP contribution in [0, 0.1) is 5.92 Å². The molecule has 5 aliphatic rings. The number of esters is 2. The van der Waals surface area contributed by atoms with Crippen LogP contribution in [-0.4, -0.2) is 81.9 Å². The van der Waals surface area contributed by atoms with Crippen molar-refractivity contribution in [3.8, 4) is 11.5 Å². The number of ketones is 1. The van der Waals surface area contributed by atoms with Gasteiger partial charge in [-0.05, 0) is 104 Å². The van der Waals surface area contributed by atoms with Gasteiger partial charge in [-0.1, -0.05) is 6.07 Å². The van der Waals surface area contributed by atoms with Gasteiger partial charge in [-0.3, -0.25) is 14.5 Å². The standard InChI is InChI=1S/C34H46N2O9/c1-31(2,3)44-29(39)21(35-30(40)45-32(4,5)6)10-12-25(38)42-23-11-9-20-17-24-34(41)14-13-22(37)28-33(34,26(20)27(23)43-28)15-16-36(24)18-19-7-8-19/h9,11,19,21,24,28,41H,7-8,10,12-18H2,1-6H3,(H,35,40)/t21-,24+,28?,33-,34+/m0/s1. The molecular weight excluding hydrogens is 580 g/mol. The van der Waals surface area contributed by atoms with Crippen molar-refractivity contribution in [3.63, 3.8) is 0 Å². The van der Waals surface area contributed by atoms with Crippen LogP contribution < -0.4 is 14.8 Å². The lowest BCUT2D eigenvalue weighted by Crippen LogP contribution is -2.76. The number of hydrogen-bond acceptors (Lipinski definition) is 10. The number of nitrogens with zero attached hydrogens (tertiary/aromatic N) is 1. The molecule has 2 bridgehead atoms. The molecule has 1 amide bonds. The fraction of sp³-hybridized carbons (Fsp3) is 0.706. The first kappa shape index (κ1) is 31.8. The number of benzene rings is 1. The zero-order chi connectivity index (χ0) is 32.5. The van der Waals surface area contributed by atoms with E-state index in [1.807, 2.05) is 6.07 Å². The summed E-state index contributed by atoms with van der Waals surface area (Å²) in [6.07, 6.45) is 2.37. The van der Waals surface area contributed by atoms with Crippen molar-refractivity contribution in [3.05, 3.63) is 23.3 Å². The topological polar surface area (TPSA) is 141 Å². The zero-order valence-corrected chi connectivity index (χ0v) is 27.2. The molecule has 2 saturated carbocycles. The third-order valence-corrected chi connectivity index (χ3v) is 9.79. The lowest BCUT2D eigenvalue weighted by atomic mass is 9.49. The SMILES string of the molecule is CC(C)(C)OC(=O)N[C@@H](CCC(=O)Oc1ccc2c3c1OC1C(=O)CC[C@@]4(O)[C@@H](C2)N(CC2CC2)CC[C@]314)C(=O)OC(C)(C)C. The van der Waals surface area contributed by atoms with Gasteiger partial charge in [0.2, 0.25) is 0 Å². The smallest absolute Gasteiger partial charge is 0.408 e. The van der Waals surface area contributed by atoms with E-state index in [-0.39, 0.29) is 36.8 Å². The summed E-state index contributed by atoms with van der Waals surface area (Å²) in [6, 6.07) is 2.38. The molecule has 5 atom stereocenters. The van der Waals surface area contributed by atoms with Gasteiger partial charge < -0.3 is 29.4 Å². The molecule has 3 aliphatic carbocycles. The summed E-state index contributed by atoms with van der Waals surface area (Å²) in [6.45, 7) is 12.0. The van der Waals surface area contributed by atoms with Gasteiger partial charge in [0.1, 0.15) is 17.2 Å². The van der Waals surface area contributed by atoms with E-state index in [2.05, 4.69) is 10.2 Å². The maximum Gasteiger partial charge on any atom is 0.408 e. The van der Waals surface area contributed by atoms with Crippen molar-refractivity contribution in [1.82, 2.24) is 10.2 Å². The molecule has 0 radical (unpaired) electrons. The predicted molar refractivity (Wildman–Crippen MR) is 162 cm³/mol. The molecule has 11 heteroatoms. The average Bonchev–Trinajstić information content (AvgIpc) is 3.66. The normalized spacial score (nSPS) is 29.3. The Balaban J connectivity index is 1.22. The highest BCUT2D eigenvalue weighted by Gasteiger charge is 2.73. The molecule has 1 aromatic rings. The van der Waals surface area contributed by atoms with Crippen LogP contribution in [0.25, 0.3) is 0 Å². The molecule has 2 N–H and O–H groups in total. The van der Waals surface area contributed by atoms with Crippen molar-refractivity contribution < 1.29 is 43.2 Å². The number of hydrogen-bond donors (Lipinski definition) is 2. The lowest BCUT2D eigenvalue weighted by Gasteiger charge is -2.62. The van der Waals surface area contributed by atoms with E-state index in [4.69, 9.17) is 18.9 Å². The van der Waals surface area contributed by atoms with Gasteiger partial charge in [-0.15, -0.1) is 0 Å². The summed E-state index contributed by atoms with van der Waals surface area (Å²) < 4.78 is 23.0. The van der Waals surface area contributed by atoms with Crippen LogP contribution in [0.15, 0.2) is 12.1 Å². The molecule has 0 aromatic heterocycles. The van der Waals surface area contributed by atoms with Crippen LogP contribution in [0.5, 0.6) is 11.5 Å². The first-order valence-electron chi connectivity index (χ1n) is 16.3. The molecule has 1 unspecified atom stereocenters. The molecule has 1 saturated heterocycles. The van der Waals surface area contributed by atoms with Crippen LogP contribution in [0.2, 0.25) is 0 Å². The van der Waals surface area contributed by atoms with Crippen molar-refractivity contribution in [1.29, 1.82) is 0 Å². The van der Waals surface area contributed by atoms with Gasteiger partial charge in [0.05, 0.1) is 11.0 Å². The van der Waals surface area contributed by atoms with Crippen LogP contribution in [0.1, 0.15) is 97.6 Å². The highest BCUT2D eigenvalue weighted by molar-refractivity contribution is 5.90. The molecule has 2 heterocycles. The number of ether oxygens (including phenoxy) is 4. The summed E-state index contributed by atoms with van der Waals surface area (Å²) in [7, 11) is 0. The van der Waals surface area contributed by atoms with Crippen LogP contribution in [0.3, 0.4) is 0 Å². The highest BCUT2D eigenvalue weighted by Crippen LogP contribution is 2.65. The molecular formula is C34H46N2O9. The Bertz CT molecular complexity index is 1410. The van der Waals surface area contributed by atoms with E-state index in [1.54, 1.807) is 47.6 Å². The van der Waals surface area contributed by atoms with E-state index in [9.17, 15) is 24.3 Å². The van der Waals surface area contributed by atoms with Gasteiger partial charge in [0, 0.05) is 31.0 Å². The van der Waals surface area contributed by atoms with Crippen LogP contribution >= 0.6 is 0 Å². The molecule has 3 fully saturated rings. The predicted octanol–water partition coefficient (Wildman–Crippen LogP) is 3.74. The molecule has 45 heavy (non-hydrogen) atoms. The highest BCUT2D eigenvalue weighted by atomic mass is 16.6. The van der Waals surface area contributed by atoms with Gasteiger partial charge in [-0.25, -0.2) is 9.59 Å². The Morgan fingerprint density at radius 2 is 1.80 bits per heavy atom. The Morgan fingerprint density at radius 3 is 2.47 bits per heavy atom. The minimum Gasteiger partial charge on any atom is -0.477 e. The van der Waals surface area contributed by atoms with E-state index >= 15 is 0 Å². The van der Waals surface area contributed by atoms with E-state index < -0.39 is 52.4 Å². The molecule has 1 spiro atoms. The molecule has 11 nitrogen and oxygen atoms in total. The molecule has 246 valence electrons. The van der Waals surface area contributed by atoms with Crippen LogP contribution in [-0.2, 0) is 35.7 Å². The van der Waals surface area contributed by atoms with Crippen molar-refractivity contribution >= 4 is 23.8 Å². The molecule has 6 rings (SSSR count). The maximum absolute atomic E-state index is 13.3. The largest absolute Gasteiger partial charge is 0.477 e. The second kappa shape index (κ2) is 11.0. The number of Topliss-reactive ketones (excluding diaryl/α,β-unsaturated/α-hetero) is 1. The molecule has 1 aromatic carbocycles. The third kappa shape index (κ3) is 5.82. The van der Waals surface area contributed by atoms with Crippen molar-refractivity contribution in [2.75, 3.05) is 13.1 Å². The third-order valence-electron chi connectivity index (χ3n) is 9.79. The number of nitrogens with one attached hydrogen (secondary N) is 1. The summed E-state index contributed by atoms with van der Waals surface area (Å²) >= 11 is 0. The maximum atomic E-state index is 13.3. The summed E-state index contributed by atoms with van der Waals surface area (Å²) in [5.74, 6) is -0.161. The molecule has 2 aliphatic heterocycles. The van der Waals surface area contributed by atoms with Gasteiger partial charge in [0.15, 0.2) is 23.4 Å².